The molecule has 0 N–H and O–H groups in total. The van der Waals surface area contributed by atoms with Crippen LogP contribution in [0.3, 0.4) is 0 Å². The van der Waals surface area contributed by atoms with Crippen LogP contribution in [0.5, 0.6) is 17.2 Å². The Hall–Kier alpha value is -3.31. The van der Waals surface area contributed by atoms with Crippen molar-refractivity contribution in [3.63, 3.8) is 0 Å². The second-order valence-corrected chi connectivity index (χ2v) is 9.08. The minimum Gasteiger partial charge on any atom is -0.493 e. The highest BCUT2D eigenvalue weighted by atomic mass is 16.5. The molecule has 1 atom stereocenters. The van der Waals surface area contributed by atoms with E-state index < -0.39 is 0 Å². The largest absolute Gasteiger partial charge is 0.493 e. The van der Waals surface area contributed by atoms with Crippen molar-refractivity contribution in [2.24, 2.45) is 0 Å². The molecule has 1 amide bonds. The maximum absolute atomic E-state index is 12.9. The van der Waals surface area contributed by atoms with Crippen LogP contribution in [0.4, 0.5) is 0 Å². The number of methoxy groups -OCH3 is 1. The summed E-state index contributed by atoms with van der Waals surface area (Å²) >= 11 is 0. The summed E-state index contributed by atoms with van der Waals surface area (Å²) < 4.78 is 11.5. The fraction of sp³-hybridized carbons (Fsp3) is 0.367. The van der Waals surface area contributed by atoms with Crippen LogP contribution in [-0.4, -0.2) is 55.0 Å². The fourth-order valence-corrected chi connectivity index (χ4v) is 4.83. The molecule has 184 valence electrons. The van der Waals surface area contributed by atoms with Crippen molar-refractivity contribution in [1.29, 1.82) is 0 Å². The molecule has 0 bridgehead atoms. The Bertz CT molecular complexity index is 1090. The summed E-state index contributed by atoms with van der Waals surface area (Å²) in [6.45, 7) is 5.83. The van der Waals surface area contributed by atoms with Gasteiger partial charge in [0.25, 0.3) is 0 Å². The standard InChI is InChI=1S/C30H36N2O3/c1-3-31(26-14-10-19-32(23-26)30(33)22-24-11-5-4-6-12-24)20-18-25-13-9-15-27(21-25)35-29-17-8-7-16-28(29)34-2/h4-9,11-13,15-17,21,26H,3,10,14,18-20,22-23H2,1-2H3. The van der Waals surface area contributed by atoms with E-state index in [-0.39, 0.29) is 5.91 Å². The molecule has 0 spiro atoms. The van der Waals surface area contributed by atoms with Gasteiger partial charge in [0.05, 0.1) is 13.5 Å². The second kappa shape index (κ2) is 12.4. The first kappa shape index (κ1) is 24.8. The SMILES string of the molecule is CCN(CCc1cccc(Oc2ccccc2OC)c1)C1CCCN(C(=O)Cc2ccccc2)C1. The Morgan fingerprint density at radius 2 is 1.71 bits per heavy atom. The lowest BCUT2D eigenvalue weighted by Crippen LogP contribution is -2.50. The summed E-state index contributed by atoms with van der Waals surface area (Å²) in [4.78, 5) is 17.5. The van der Waals surface area contributed by atoms with Crippen LogP contribution in [0.25, 0.3) is 0 Å². The Morgan fingerprint density at radius 1 is 0.971 bits per heavy atom. The Kier molecular flexibility index (Phi) is 8.79. The molecule has 35 heavy (non-hydrogen) atoms. The lowest BCUT2D eigenvalue weighted by atomic mass is 10.0. The number of likely N-dealkylation sites (tertiary alicyclic amines) is 1. The third-order valence-corrected chi connectivity index (χ3v) is 6.75. The first-order valence-electron chi connectivity index (χ1n) is 12.6. The van der Waals surface area contributed by atoms with Crippen molar-refractivity contribution in [3.05, 3.63) is 90.0 Å². The summed E-state index contributed by atoms with van der Waals surface area (Å²) in [5.74, 6) is 2.48. The van der Waals surface area contributed by atoms with Gasteiger partial charge < -0.3 is 14.4 Å². The number of carbonyl (C=O) groups is 1. The molecule has 4 rings (SSSR count). The number of hydrogen-bond acceptors (Lipinski definition) is 4. The van der Waals surface area contributed by atoms with Crippen LogP contribution in [0.15, 0.2) is 78.9 Å². The molecule has 0 aromatic heterocycles. The van der Waals surface area contributed by atoms with E-state index in [1.807, 2.05) is 66.7 Å². The minimum absolute atomic E-state index is 0.234. The highest BCUT2D eigenvalue weighted by Crippen LogP contribution is 2.31. The molecule has 3 aromatic carbocycles. The summed E-state index contributed by atoms with van der Waals surface area (Å²) in [5, 5.41) is 0. The van der Waals surface area contributed by atoms with Crippen molar-refractivity contribution in [1.82, 2.24) is 9.80 Å². The molecule has 1 heterocycles. The van der Waals surface area contributed by atoms with Crippen LogP contribution in [0.2, 0.25) is 0 Å². The van der Waals surface area contributed by atoms with Crippen LogP contribution < -0.4 is 9.47 Å². The maximum Gasteiger partial charge on any atom is 0.227 e. The number of carbonyl (C=O) groups excluding carboxylic acids is 1. The minimum atomic E-state index is 0.234. The molecule has 1 aliphatic heterocycles. The first-order valence-corrected chi connectivity index (χ1v) is 12.6. The molecule has 1 aliphatic rings. The normalized spacial score (nSPS) is 15.7. The van der Waals surface area contributed by atoms with Crippen molar-refractivity contribution >= 4 is 5.91 Å². The molecule has 1 fully saturated rings. The molecule has 1 saturated heterocycles. The number of amides is 1. The zero-order valence-corrected chi connectivity index (χ0v) is 20.9. The Labute approximate surface area is 209 Å². The van der Waals surface area contributed by atoms with E-state index in [1.54, 1.807) is 7.11 Å². The van der Waals surface area contributed by atoms with E-state index in [2.05, 4.69) is 28.9 Å². The van der Waals surface area contributed by atoms with Crippen molar-refractivity contribution in [2.75, 3.05) is 33.3 Å². The van der Waals surface area contributed by atoms with Gasteiger partial charge in [0, 0.05) is 25.7 Å². The quantitative estimate of drug-likeness (QED) is 0.386. The predicted molar refractivity (Wildman–Crippen MR) is 140 cm³/mol. The van der Waals surface area contributed by atoms with E-state index in [0.717, 1.165) is 62.5 Å². The number of likely N-dealkylation sites (N-methyl/N-ethyl adjacent to an activating group) is 1. The average molecular weight is 473 g/mol. The van der Waals surface area contributed by atoms with E-state index in [1.165, 1.54) is 5.56 Å². The molecular weight excluding hydrogens is 436 g/mol. The van der Waals surface area contributed by atoms with Crippen LogP contribution >= 0.6 is 0 Å². The molecule has 3 aromatic rings. The topological polar surface area (TPSA) is 42.0 Å². The van der Waals surface area contributed by atoms with Gasteiger partial charge in [-0.2, -0.15) is 0 Å². The van der Waals surface area contributed by atoms with E-state index in [9.17, 15) is 4.79 Å². The van der Waals surface area contributed by atoms with Gasteiger partial charge >= 0.3 is 0 Å². The van der Waals surface area contributed by atoms with Gasteiger partial charge in [0.15, 0.2) is 11.5 Å². The smallest absolute Gasteiger partial charge is 0.227 e. The van der Waals surface area contributed by atoms with Gasteiger partial charge in [-0.25, -0.2) is 0 Å². The van der Waals surface area contributed by atoms with Crippen molar-refractivity contribution < 1.29 is 14.3 Å². The predicted octanol–water partition coefficient (Wildman–Crippen LogP) is 5.59. The maximum atomic E-state index is 12.9. The molecule has 0 aliphatic carbocycles. The molecule has 0 radical (unpaired) electrons. The Morgan fingerprint density at radius 3 is 2.49 bits per heavy atom. The first-order chi connectivity index (χ1) is 17.2. The molecule has 1 unspecified atom stereocenters. The van der Waals surface area contributed by atoms with Gasteiger partial charge in [-0.15, -0.1) is 0 Å². The number of benzene rings is 3. The summed E-state index contributed by atoms with van der Waals surface area (Å²) in [6, 6.07) is 26.4. The number of hydrogen-bond donors (Lipinski definition) is 0. The summed E-state index contributed by atoms with van der Waals surface area (Å²) in [6.07, 6.45) is 3.62. The van der Waals surface area contributed by atoms with E-state index >= 15 is 0 Å². The van der Waals surface area contributed by atoms with Crippen LogP contribution in [-0.2, 0) is 17.6 Å². The van der Waals surface area contributed by atoms with Gasteiger partial charge in [-0.1, -0.05) is 61.5 Å². The zero-order chi connectivity index (χ0) is 24.5. The number of para-hydroxylation sites is 2. The average Bonchev–Trinajstić information content (AvgIpc) is 2.90. The number of rotatable bonds is 10. The number of ether oxygens (including phenoxy) is 2. The number of piperidine rings is 1. The van der Waals surface area contributed by atoms with Crippen molar-refractivity contribution in [3.8, 4) is 17.2 Å². The third-order valence-electron chi connectivity index (χ3n) is 6.75. The van der Waals surface area contributed by atoms with Gasteiger partial charge in [-0.05, 0) is 61.2 Å². The lowest BCUT2D eigenvalue weighted by molar-refractivity contribution is -0.132. The van der Waals surface area contributed by atoms with Crippen molar-refractivity contribution in [2.45, 2.75) is 38.6 Å². The highest BCUT2D eigenvalue weighted by Gasteiger charge is 2.27. The van der Waals surface area contributed by atoms with E-state index in [4.69, 9.17) is 9.47 Å². The Balaban J connectivity index is 1.33. The summed E-state index contributed by atoms with van der Waals surface area (Å²) in [5.41, 5.74) is 2.32. The van der Waals surface area contributed by atoms with Gasteiger partial charge in [-0.3, -0.25) is 9.69 Å². The summed E-state index contributed by atoms with van der Waals surface area (Å²) in [7, 11) is 1.65. The molecule has 5 heteroatoms. The zero-order valence-electron chi connectivity index (χ0n) is 20.9. The second-order valence-electron chi connectivity index (χ2n) is 9.08. The molecule has 0 saturated carbocycles. The number of nitrogens with zero attached hydrogens (tertiary/aromatic N) is 2. The highest BCUT2D eigenvalue weighted by molar-refractivity contribution is 5.78. The third kappa shape index (κ3) is 6.86. The fourth-order valence-electron chi connectivity index (χ4n) is 4.83. The van der Waals surface area contributed by atoms with Gasteiger partial charge in [0.2, 0.25) is 5.91 Å². The van der Waals surface area contributed by atoms with Crippen LogP contribution in [0.1, 0.15) is 30.9 Å². The molecule has 5 nitrogen and oxygen atoms in total. The lowest BCUT2D eigenvalue weighted by Gasteiger charge is -2.39. The van der Waals surface area contributed by atoms with E-state index in [0.29, 0.717) is 18.2 Å². The monoisotopic (exact) mass is 472 g/mol. The molecular formula is C30H36N2O3. The van der Waals surface area contributed by atoms with Crippen LogP contribution in [0, 0.1) is 0 Å². The van der Waals surface area contributed by atoms with Gasteiger partial charge in [0.1, 0.15) is 5.75 Å².